The summed E-state index contributed by atoms with van der Waals surface area (Å²) in [4.78, 5) is 2.09. The highest BCUT2D eigenvalue weighted by Crippen LogP contribution is 2.31. The Morgan fingerprint density at radius 3 is 2.88 bits per heavy atom. The molecule has 2 nitrogen and oxygen atoms in total. The van der Waals surface area contributed by atoms with E-state index in [1.165, 1.54) is 11.3 Å². The summed E-state index contributed by atoms with van der Waals surface area (Å²) in [5.74, 6) is 0. The lowest BCUT2D eigenvalue weighted by Gasteiger charge is -2.27. The molecular weight excluding hydrogens is 210 g/mol. The molecule has 0 bridgehead atoms. The molecule has 1 aliphatic heterocycles. The second kappa shape index (κ2) is 4.38. The van der Waals surface area contributed by atoms with Crippen LogP contribution in [0.5, 0.6) is 0 Å². The third kappa shape index (κ3) is 1.89. The van der Waals surface area contributed by atoms with E-state index in [2.05, 4.69) is 41.3 Å². The van der Waals surface area contributed by atoms with Gasteiger partial charge in [-0.15, -0.1) is 0 Å². The fourth-order valence-corrected chi connectivity index (χ4v) is 2.62. The van der Waals surface area contributed by atoms with Crippen molar-refractivity contribution in [2.45, 2.75) is 25.5 Å². The van der Waals surface area contributed by atoms with Gasteiger partial charge in [-0.05, 0) is 36.5 Å². The van der Waals surface area contributed by atoms with Gasteiger partial charge in [0.1, 0.15) is 0 Å². The predicted octanol–water partition coefficient (Wildman–Crippen LogP) is 2.64. The standard InChI is InChI=1S/C15H17NO/c17-15(13-7-2-1-3-8-13)16-11-10-12-6-4-5-9-14(12)16/h2,4-9,15,17H,1,3,10-11H2. The monoisotopic (exact) mass is 227 g/mol. The Morgan fingerprint density at radius 2 is 2.06 bits per heavy atom. The molecule has 0 saturated carbocycles. The maximum Gasteiger partial charge on any atom is 0.152 e. The third-order valence-electron chi connectivity index (χ3n) is 3.54. The second-order valence-electron chi connectivity index (χ2n) is 4.63. The number of hydrogen-bond acceptors (Lipinski definition) is 2. The van der Waals surface area contributed by atoms with Crippen molar-refractivity contribution in [2.24, 2.45) is 0 Å². The minimum absolute atomic E-state index is 0.491. The Labute approximate surface area is 102 Å². The molecule has 0 aromatic heterocycles. The van der Waals surface area contributed by atoms with E-state index < -0.39 is 6.23 Å². The SMILES string of the molecule is OC(C1=CCCC=C1)N1CCc2ccccc21. The lowest BCUT2D eigenvalue weighted by atomic mass is 10.1. The largest absolute Gasteiger partial charge is 0.369 e. The molecule has 1 aromatic carbocycles. The number of benzene rings is 1. The van der Waals surface area contributed by atoms with Crippen molar-refractivity contribution in [3.05, 3.63) is 53.6 Å². The first-order chi connectivity index (χ1) is 8.36. The van der Waals surface area contributed by atoms with Gasteiger partial charge in [0.15, 0.2) is 6.23 Å². The van der Waals surface area contributed by atoms with Crippen molar-refractivity contribution >= 4 is 5.69 Å². The van der Waals surface area contributed by atoms with Gasteiger partial charge in [0.25, 0.3) is 0 Å². The first-order valence-corrected chi connectivity index (χ1v) is 6.25. The zero-order chi connectivity index (χ0) is 11.7. The van der Waals surface area contributed by atoms with Gasteiger partial charge in [-0.1, -0.05) is 36.4 Å². The van der Waals surface area contributed by atoms with Crippen molar-refractivity contribution in [1.82, 2.24) is 0 Å². The maximum atomic E-state index is 10.4. The summed E-state index contributed by atoms with van der Waals surface area (Å²) in [6, 6.07) is 8.34. The third-order valence-corrected chi connectivity index (χ3v) is 3.54. The van der Waals surface area contributed by atoms with Crippen LogP contribution in [-0.4, -0.2) is 17.9 Å². The minimum atomic E-state index is -0.491. The van der Waals surface area contributed by atoms with Crippen LogP contribution in [0.2, 0.25) is 0 Å². The van der Waals surface area contributed by atoms with Crippen LogP contribution >= 0.6 is 0 Å². The van der Waals surface area contributed by atoms with E-state index in [0.29, 0.717) is 0 Å². The van der Waals surface area contributed by atoms with Gasteiger partial charge < -0.3 is 10.0 Å². The van der Waals surface area contributed by atoms with Crippen LogP contribution in [-0.2, 0) is 6.42 Å². The number of para-hydroxylation sites is 1. The molecule has 0 saturated heterocycles. The van der Waals surface area contributed by atoms with E-state index >= 15 is 0 Å². The van der Waals surface area contributed by atoms with Crippen LogP contribution in [0.15, 0.2) is 48.1 Å². The molecule has 2 heteroatoms. The summed E-state index contributed by atoms with van der Waals surface area (Å²) in [7, 11) is 0. The number of rotatable bonds is 2. The molecule has 0 fully saturated rings. The Kier molecular flexibility index (Phi) is 2.73. The summed E-state index contributed by atoms with van der Waals surface area (Å²) in [5, 5.41) is 10.4. The topological polar surface area (TPSA) is 23.5 Å². The van der Waals surface area contributed by atoms with Gasteiger partial charge in [0.2, 0.25) is 0 Å². The zero-order valence-corrected chi connectivity index (χ0v) is 9.84. The van der Waals surface area contributed by atoms with Gasteiger partial charge in [0, 0.05) is 12.2 Å². The second-order valence-corrected chi connectivity index (χ2v) is 4.63. The molecule has 0 radical (unpaired) electrons. The van der Waals surface area contributed by atoms with Crippen molar-refractivity contribution in [3.63, 3.8) is 0 Å². The molecule has 1 aliphatic carbocycles. The summed E-state index contributed by atoms with van der Waals surface area (Å²) in [6.07, 6.45) is 9.01. The van der Waals surface area contributed by atoms with Gasteiger partial charge in [-0.25, -0.2) is 0 Å². The first kappa shape index (κ1) is 10.6. The molecule has 88 valence electrons. The number of allylic oxidation sites excluding steroid dienone is 2. The van der Waals surface area contributed by atoms with Gasteiger partial charge in [-0.3, -0.25) is 0 Å². The van der Waals surface area contributed by atoms with Crippen LogP contribution in [0.3, 0.4) is 0 Å². The number of fused-ring (bicyclic) bond motifs is 1. The normalized spacial score (nSPS) is 20.1. The van der Waals surface area contributed by atoms with Crippen LogP contribution in [0, 0.1) is 0 Å². The van der Waals surface area contributed by atoms with Gasteiger partial charge >= 0.3 is 0 Å². The van der Waals surface area contributed by atoms with E-state index in [0.717, 1.165) is 31.4 Å². The van der Waals surface area contributed by atoms with Gasteiger partial charge in [0.05, 0.1) is 0 Å². The van der Waals surface area contributed by atoms with E-state index in [-0.39, 0.29) is 0 Å². The molecule has 1 aromatic rings. The van der Waals surface area contributed by atoms with Crippen LogP contribution in [0.25, 0.3) is 0 Å². The smallest absolute Gasteiger partial charge is 0.152 e. The van der Waals surface area contributed by atoms with Crippen molar-refractivity contribution in [1.29, 1.82) is 0 Å². The highest BCUT2D eigenvalue weighted by Gasteiger charge is 2.25. The number of aliphatic hydroxyl groups is 1. The maximum absolute atomic E-state index is 10.4. The van der Waals surface area contributed by atoms with Gasteiger partial charge in [-0.2, -0.15) is 0 Å². The lowest BCUT2D eigenvalue weighted by molar-refractivity contribution is 0.210. The lowest BCUT2D eigenvalue weighted by Crippen LogP contribution is -2.35. The molecular formula is C15H17NO. The van der Waals surface area contributed by atoms with Crippen LogP contribution < -0.4 is 4.90 Å². The first-order valence-electron chi connectivity index (χ1n) is 6.25. The number of anilines is 1. The highest BCUT2D eigenvalue weighted by atomic mass is 16.3. The Hall–Kier alpha value is -1.54. The van der Waals surface area contributed by atoms with E-state index in [1.54, 1.807) is 0 Å². The molecule has 1 N–H and O–H groups in total. The average molecular weight is 227 g/mol. The Morgan fingerprint density at radius 1 is 1.18 bits per heavy atom. The molecule has 1 atom stereocenters. The summed E-state index contributed by atoms with van der Waals surface area (Å²) in [5.41, 5.74) is 3.56. The molecule has 17 heavy (non-hydrogen) atoms. The quantitative estimate of drug-likeness (QED) is 0.839. The van der Waals surface area contributed by atoms with Crippen LogP contribution in [0.1, 0.15) is 18.4 Å². The van der Waals surface area contributed by atoms with E-state index in [9.17, 15) is 5.11 Å². The number of hydrogen-bond donors (Lipinski definition) is 1. The Balaban J connectivity index is 1.87. The van der Waals surface area contributed by atoms with E-state index in [4.69, 9.17) is 0 Å². The van der Waals surface area contributed by atoms with Crippen molar-refractivity contribution < 1.29 is 5.11 Å². The minimum Gasteiger partial charge on any atom is -0.369 e. The summed E-state index contributed by atoms with van der Waals surface area (Å²) < 4.78 is 0. The molecule has 1 unspecified atom stereocenters. The van der Waals surface area contributed by atoms with E-state index in [1.807, 2.05) is 6.07 Å². The average Bonchev–Trinajstić information content (AvgIpc) is 2.83. The summed E-state index contributed by atoms with van der Waals surface area (Å²) in [6.45, 7) is 0.908. The van der Waals surface area contributed by atoms with Crippen molar-refractivity contribution in [3.8, 4) is 0 Å². The van der Waals surface area contributed by atoms with Crippen LogP contribution in [0.4, 0.5) is 5.69 Å². The predicted molar refractivity (Wildman–Crippen MR) is 70.0 cm³/mol. The molecule has 1 heterocycles. The molecule has 2 aliphatic rings. The van der Waals surface area contributed by atoms with Crippen molar-refractivity contribution in [2.75, 3.05) is 11.4 Å². The molecule has 0 amide bonds. The fourth-order valence-electron chi connectivity index (χ4n) is 2.62. The fraction of sp³-hybridized carbons (Fsp3) is 0.333. The molecule has 3 rings (SSSR count). The zero-order valence-electron chi connectivity index (χ0n) is 9.84. The highest BCUT2D eigenvalue weighted by molar-refractivity contribution is 5.59. The number of aliphatic hydroxyl groups excluding tert-OH is 1. The molecule has 0 spiro atoms. The Bertz CT molecular complexity index is 476. The summed E-state index contributed by atoms with van der Waals surface area (Å²) >= 11 is 0. The number of nitrogens with zero attached hydrogens (tertiary/aromatic N) is 1.